The van der Waals surface area contributed by atoms with Crippen molar-refractivity contribution in [2.24, 2.45) is 11.8 Å². The number of piperidine rings is 1. The van der Waals surface area contributed by atoms with E-state index >= 15 is 0 Å². The van der Waals surface area contributed by atoms with Crippen molar-refractivity contribution in [1.82, 2.24) is 24.3 Å². The fraction of sp³-hybridized carbons (Fsp3) is 0.629. The van der Waals surface area contributed by atoms with Crippen LogP contribution in [0.15, 0.2) is 35.7 Å². The number of aromatic nitrogens is 2. The predicted molar refractivity (Wildman–Crippen MR) is 177 cm³/mol. The van der Waals surface area contributed by atoms with Crippen molar-refractivity contribution in [2.75, 3.05) is 46.3 Å². The molecule has 2 aromatic heterocycles. The zero-order chi connectivity index (χ0) is 30.5. The Morgan fingerprint density at radius 2 is 1.72 bits per heavy atom. The number of imidazole rings is 1. The molecule has 2 saturated heterocycles. The Morgan fingerprint density at radius 1 is 1.00 bits per heavy atom. The number of hydrogen-bond acceptors (Lipinski definition) is 6. The van der Waals surface area contributed by atoms with Gasteiger partial charge in [0.05, 0.1) is 11.0 Å². The van der Waals surface area contributed by atoms with Gasteiger partial charge in [-0.3, -0.25) is 14.5 Å². The summed E-state index contributed by atoms with van der Waals surface area (Å²) in [4.78, 5) is 41.0. The van der Waals surface area contributed by atoms with Crippen molar-refractivity contribution in [1.29, 1.82) is 0 Å². The number of Topliss-reactive ketones (excluding diaryl/α,β-unsaturated/α-hetero) is 1. The van der Waals surface area contributed by atoms with Gasteiger partial charge in [0.2, 0.25) is 5.91 Å². The van der Waals surface area contributed by atoms with Crippen molar-refractivity contribution in [3.8, 4) is 0 Å². The van der Waals surface area contributed by atoms with Gasteiger partial charge < -0.3 is 14.4 Å². The van der Waals surface area contributed by atoms with E-state index in [9.17, 15) is 9.59 Å². The van der Waals surface area contributed by atoms with E-state index in [4.69, 9.17) is 4.98 Å². The lowest BCUT2D eigenvalue weighted by atomic mass is 9.88. The number of amides is 1. The first-order valence-corrected chi connectivity index (χ1v) is 17.4. The fourth-order valence-corrected chi connectivity index (χ4v) is 7.86. The summed E-state index contributed by atoms with van der Waals surface area (Å²) < 4.78 is 2.39. The molecule has 0 saturated carbocycles. The van der Waals surface area contributed by atoms with Gasteiger partial charge in [0.15, 0.2) is 5.78 Å². The number of thiophene rings is 1. The number of rotatable bonds is 12. The molecule has 8 heteroatoms. The molecule has 3 aromatic rings. The molecule has 234 valence electrons. The molecule has 0 bridgehead atoms. The number of likely N-dealkylation sites (N-methyl/N-ethyl adjacent to an activating group) is 1. The number of benzene rings is 1. The van der Waals surface area contributed by atoms with Gasteiger partial charge in [-0.2, -0.15) is 0 Å². The Bertz CT molecular complexity index is 1350. The normalized spacial score (nSPS) is 18.3. The van der Waals surface area contributed by atoms with Crippen molar-refractivity contribution in [3.05, 3.63) is 52.0 Å². The van der Waals surface area contributed by atoms with Crippen LogP contribution in [0, 0.1) is 11.8 Å². The lowest BCUT2D eigenvalue weighted by Gasteiger charge is -2.42. The van der Waals surface area contributed by atoms with E-state index in [2.05, 4.69) is 72.7 Å². The second-order valence-electron chi connectivity index (χ2n) is 13.2. The highest BCUT2D eigenvalue weighted by Gasteiger charge is 2.33. The molecule has 43 heavy (non-hydrogen) atoms. The highest BCUT2D eigenvalue weighted by molar-refractivity contribution is 7.09. The van der Waals surface area contributed by atoms with Crippen LogP contribution in [-0.2, 0) is 11.2 Å². The quantitative estimate of drug-likeness (QED) is 0.220. The molecule has 0 N–H and O–H groups in total. The summed E-state index contributed by atoms with van der Waals surface area (Å²) >= 11 is 1.76. The summed E-state index contributed by atoms with van der Waals surface area (Å²) in [5.74, 6) is 1.34. The Morgan fingerprint density at radius 3 is 2.35 bits per heavy atom. The highest BCUT2D eigenvalue weighted by atomic mass is 32.1. The third-order valence-corrected chi connectivity index (χ3v) is 10.5. The molecule has 2 fully saturated rings. The zero-order valence-electron chi connectivity index (χ0n) is 26.9. The lowest BCUT2D eigenvalue weighted by Crippen LogP contribution is -2.53. The summed E-state index contributed by atoms with van der Waals surface area (Å²) in [5.41, 5.74) is 2.64. The molecule has 0 unspecified atom stereocenters. The molecule has 0 spiro atoms. The van der Waals surface area contributed by atoms with E-state index in [0.717, 1.165) is 94.7 Å². The summed E-state index contributed by atoms with van der Waals surface area (Å²) in [6.07, 6.45) is 5.92. The van der Waals surface area contributed by atoms with Crippen molar-refractivity contribution in [2.45, 2.75) is 84.7 Å². The van der Waals surface area contributed by atoms with Crippen LogP contribution in [0.1, 0.15) is 93.3 Å². The van der Waals surface area contributed by atoms with Gasteiger partial charge in [-0.1, -0.05) is 33.8 Å². The Labute approximate surface area is 262 Å². The molecule has 7 nitrogen and oxygen atoms in total. The molecule has 0 radical (unpaired) electrons. The number of ketones is 1. The van der Waals surface area contributed by atoms with Gasteiger partial charge in [-0.25, -0.2) is 4.98 Å². The summed E-state index contributed by atoms with van der Waals surface area (Å²) in [7, 11) is 2.19. The first-order valence-electron chi connectivity index (χ1n) is 16.5. The zero-order valence-corrected chi connectivity index (χ0v) is 27.7. The number of nitrogens with zero attached hydrogens (tertiary/aromatic N) is 5. The van der Waals surface area contributed by atoms with Gasteiger partial charge in [0.25, 0.3) is 0 Å². The van der Waals surface area contributed by atoms with Gasteiger partial charge in [0.1, 0.15) is 5.82 Å². The second kappa shape index (κ2) is 14.5. The van der Waals surface area contributed by atoms with E-state index in [1.807, 2.05) is 17.0 Å². The summed E-state index contributed by atoms with van der Waals surface area (Å²) in [5, 5.41) is 2.11. The Kier molecular flexibility index (Phi) is 10.7. The molecular formula is C35H51N5O2S. The van der Waals surface area contributed by atoms with Crippen LogP contribution in [0.3, 0.4) is 0 Å². The molecule has 5 rings (SSSR count). The molecule has 1 atom stereocenters. The lowest BCUT2D eigenvalue weighted by molar-refractivity contribution is -0.137. The van der Waals surface area contributed by atoms with E-state index in [1.165, 1.54) is 4.88 Å². The summed E-state index contributed by atoms with van der Waals surface area (Å²) in [6, 6.07) is 11.2. The van der Waals surface area contributed by atoms with Gasteiger partial charge in [-0.15, -0.1) is 11.3 Å². The maximum absolute atomic E-state index is 13.8. The van der Waals surface area contributed by atoms with E-state index in [1.54, 1.807) is 11.3 Å². The summed E-state index contributed by atoms with van der Waals surface area (Å²) in [6.45, 7) is 14.8. The van der Waals surface area contributed by atoms with Crippen molar-refractivity contribution >= 4 is 34.1 Å². The molecule has 0 aliphatic carbocycles. The largest absolute Gasteiger partial charge is 0.342 e. The van der Waals surface area contributed by atoms with Crippen LogP contribution in [-0.4, -0.2) is 88.3 Å². The predicted octanol–water partition coefficient (Wildman–Crippen LogP) is 6.52. The molecule has 1 aromatic carbocycles. The standard InChI is InChI=1S/C35H51N5O2S/c1-6-28(7-2)40-32-11-10-26(22-31(32)36-34(40)24-30-9-8-20-43-30)33(41)23-27(21-25(3)4)35(42)39-14-12-29(13-15-39)38-18-16-37(5)17-19-38/h8-11,20,22,25,27-29H,6-7,12-19,21,23-24H2,1-5H3/t27-/m1/s1. The van der Waals surface area contributed by atoms with Crippen molar-refractivity contribution in [3.63, 3.8) is 0 Å². The minimum Gasteiger partial charge on any atom is -0.342 e. The van der Waals surface area contributed by atoms with Crippen LogP contribution in [0.25, 0.3) is 11.0 Å². The fourth-order valence-electron chi connectivity index (χ4n) is 7.16. The van der Waals surface area contributed by atoms with Crippen LogP contribution in [0.4, 0.5) is 0 Å². The van der Waals surface area contributed by atoms with Gasteiger partial charge in [-0.05, 0) is 74.7 Å². The maximum Gasteiger partial charge on any atom is 0.226 e. The molecular weight excluding hydrogens is 554 g/mol. The van der Waals surface area contributed by atoms with Gasteiger partial charge >= 0.3 is 0 Å². The Balaban J connectivity index is 1.29. The number of carbonyl (C=O) groups excluding carboxylic acids is 2. The van der Waals surface area contributed by atoms with E-state index < -0.39 is 0 Å². The van der Waals surface area contributed by atoms with Crippen LogP contribution in [0.2, 0.25) is 0 Å². The Hall–Kier alpha value is -2.55. The number of hydrogen-bond donors (Lipinski definition) is 0. The maximum atomic E-state index is 13.8. The first kappa shape index (κ1) is 31.9. The molecule has 4 heterocycles. The van der Waals surface area contributed by atoms with Gasteiger partial charge in [0, 0.05) is 80.6 Å². The first-order chi connectivity index (χ1) is 20.8. The van der Waals surface area contributed by atoms with Crippen LogP contribution >= 0.6 is 11.3 Å². The van der Waals surface area contributed by atoms with E-state index in [0.29, 0.717) is 23.6 Å². The van der Waals surface area contributed by atoms with Crippen molar-refractivity contribution < 1.29 is 9.59 Å². The average Bonchev–Trinajstić information content (AvgIpc) is 3.65. The topological polar surface area (TPSA) is 61.7 Å². The smallest absolute Gasteiger partial charge is 0.226 e. The minimum absolute atomic E-state index is 0.0464. The average molecular weight is 606 g/mol. The minimum atomic E-state index is -0.278. The molecule has 2 aliphatic rings. The molecule has 2 aliphatic heterocycles. The number of carbonyl (C=O) groups is 2. The number of piperazine rings is 1. The monoisotopic (exact) mass is 605 g/mol. The number of fused-ring (bicyclic) bond motifs is 1. The van der Waals surface area contributed by atoms with Crippen LogP contribution in [0.5, 0.6) is 0 Å². The third-order valence-electron chi connectivity index (χ3n) is 9.67. The molecule has 1 amide bonds. The van der Waals surface area contributed by atoms with E-state index in [-0.39, 0.29) is 24.0 Å². The second-order valence-corrected chi connectivity index (χ2v) is 14.2. The highest BCUT2D eigenvalue weighted by Crippen LogP contribution is 2.30. The SMILES string of the molecule is CCC(CC)n1c(Cc2cccs2)nc2cc(C(=O)C[C@@H](CC(C)C)C(=O)N3CCC(N4CCN(C)CC4)CC3)ccc21. The number of likely N-dealkylation sites (tertiary alicyclic amines) is 1. The van der Waals surface area contributed by atoms with Crippen LogP contribution < -0.4 is 0 Å². The third kappa shape index (κ3) is 7.58.